The Bertz CT molecular complexity index is 676. The highest BCUT2D eigenvalue weighted by Gasteiger charge is 2.31. The highest BCUT2D eigenvalue weighted by molar-refractivity contribution is 7.20. The molecule has 0 aliphatic heterocycles. The zero-order valence-electron chi connectivity index (χ0n) is 10.6. The molecule has 20 heavy (non-hydrogen) atoms. The van der Waals surface area contributed by atoms with Crippen molar-refractivity contribution in [2.75, 3.05) is 0 Å². The monoisotopic (exact) mass is 330 g/mol. The van der Waals surface area contributed by atoms with Gasteiger partial charge in [-0.3, -0.25) is 4.68 Å². The van der Waals surface area contributed by atoms with Crippen molar-refractivity contribution in [3.63, 3.8) is 0 Å². The Morgan fingerprint density at radius 1 is 1.55 bits per heavy atom. The normalized spacial score (nSPS) is 16.4. The third-order valence-electron chi connectivity index (χ3n) is 3.60. The number of carboxylic acids is 1. The lowest BCUT2D eigenvalue weighted by atomic mass is 10.1. The van der Waals surface area contributed by atoms with Crippen molar-refractivity contribution in [3.8, 4) is 11.3 Å². The van der Waals surface area contributed by atoms with E-state index in [1.54, 1.807) is 16.9 Å². The van der Waals surface area contributed by atoms with Crippen molar-refractivity contribution >= 4 is 40.5 Å². The van der Waals surface area contributed by atoms with Crippen LogP contribution < -0.4 is 0 Å². The number of nitrogens with zero attached hydrogens (tertiary/aromatic N) is 2. The molecule has 1 fully saturated rings. The summed E-state index contributed by atoms with van der Waals surface area (Å²) in [7, 11) is 0. The molecule has 2 aromatic rings. The van der Waals surface area contributed by atoms with Crippen molar-refractivity contribution in [2.24, 2.45) is 5.92 Å². The molecule has 2 aromatic heterocycles. The number of carboxylic acid groups (broad SMARTS) is 1. The molecule has 0 bridgehead atoms. The molecular formula is C13H12Cl2N2O2S. The molecule has 0 radical (unpaired) electrons. The molecule has 2 heterocycles. The predicted molar refractivity (Wildman–Crippen MR) is 80.0 cm³/mol. The molecular weight excluding hydrogens is 319 g/mol. The standard InChI is InChI=1S/C13H12Cl2N2O2S/c1-6(7-2-3-7)17-5-9(13(18)19)11(16-17)8-4-10(14)20-12(8)15/h4-7H,2-3H2,1H3,(H,18,19). The van der Waals surface area contributed by atoms with Gasteiger partial charge in [0.05, 0.1) is 10.4 Å². The van der Waals surface area contributed by atoms with Gasteiger partial charge in [0.1, 0.15) is 15.6 Å². The third kappa shape index (κ3) is 2.45. The zero-order chi connectivity index (χ0) is 14.4. The van der Waals surface area contributed by atoms with Crippen LogP contribution in [-0.2, 0) is 0 Å². The quantitative estimate of drug-likeness (QED) is 0.892. The number of hydrogen-bond acceptors (Lipinski definition) is 3. The van der Waals surface area contributed by atoms with Gasteiger partial charge in [-0.25, -0.2) is 4.79 Å². The van der Waals surface area contributed by atoms with Crippen molar-refractivity contribution in [1.29, 1.82) is 0 Å². The van der Waals surface area contributed by atoms with E-state index in [0.717, 1.165) is 0 Å². The average Bonchev–Trinajstić information content (AvgIpc) is 3.04. The Labute approximate surface area is 129 Å². The first-order valence-corrected chi connectivity index (χ1v) is 7.82. The van der Waals surface area contributed by atoms with Crippen LogP contribution in [0.3, 0.4) is 0 Å². The first-order chi connectivity index (χ1) is 9.47. The highest BCUT2D eigenvalue weighted by Crippen LogP contribution is 2.42. The van der Waals surface area contributed by atoms with Gasteiger partial charge < -0.3 is 5.11 Å². The highest BCUT2D eigenvalue weighted by atomic mass is 35.5. The lowest BCUT2D eigenvalue weighted by molar-refractivity contribution is 0.0697. The van der Waals surface area contributed by atoms with Crippen LogP contribution >= 0.6 is 34.5 Å². The van der Waals surface area contributed by atoms with Crippen LogP contribution in [0.1, 0.15) is 36.2 Å². The van der Waals surface area contributed by atoms with Gasteiger partial charge in [0.2, 0.25) is 0 Å². The summed E-state index contributed by atoms with van der Waals surface area (Å²) in [5.41, 5.74) is 1.13. The molecule has 0 spiro atoms. The number of aromatic nitrogens is 2. The minimum Gasteiger partial charge on any atom is -0.478 e. The van der Waals surface area contributed by atoms with Gasteiger partial charge in [0, 0.05) is 11.8 Å². The second kappa shape index (κ2) is 5.06. The lowest BCUT2D eigenvalue weighted by Gasteiger charge is -2.09. The molecule has 106 valence electrons. The molecule has 1 N–H and O–H groups in total. The molecule has 0 saturated heterocycles. The number of aromatic carboxylic acids is 1. The third-order valence-corrected chi connectivity index (χ3v) is 5.08. The van der Waals surface area contributed by atoms with E-state index in [-0.39, 0.29) is 11.6 Å². The van der Waals surface area contributed by atoms with Crippen LogP contribution in [0.15, 0.2) is 12.3 Å². The second-order valence-corrected chi connectivity index (χ2v) is 7.28. The molecule has 3 rings (SSSR count). The molecule has 7 heteroatoms. The SMILES string of the molecule is CC(C1CC1)n1cc(C(=O)O)c(-c2cc(Cl)sc2Cl)n1. The van der Waals surface area contributed by atoms with E-state index in [9.17, 15) is 9.90 Å². The van der Waals surface area contributed by atoms with Gasteiger partial charge in [-0.1, -0.05) is 23.2 Å². The Balaban J connectivity index is 2.08. The summed E-state index contributed by atoms with van der Waals surface area (Å²) in [6.45, 7) is 2.06. The van der Waals surface area contributed by atoms with E-state index >= 15 is 0 Å². The molecule has 0 aromatic carbocycles. The first kappa shape index (κ1) is 13.9. The van der Waals surface area contributed by atoms with Crippen LogP contribution in [-0.4, -0.2) is 20.9 Å². The fourth-order valence-corrected chi connectivity index (χ4v) is 3.72. The van der Waals surface area contributed by atoms with Crippen LogP contribution in [0, 0.1) is 5.92 Å². The van der Waals surface area contributed by atoms with Crippen molar-refractivity contribution in [2.45, 2.75) is 25.8 Å². The Morgan fingerprint density at radius 2 is 2.25 bits per heavy atom. The molecule has 1 unspecified atom stereocenters. The van der Waals surface area contributed by atoms with E-state index in [1.165, 1.54) is 24.2 Å². The summed E-state index contributed by atoms with van der Waals surface area (Å²) in [5, 5.41) is 13.8. The van der Waals surface area contributed by atoms with Crippen molar-refractivity contribution in [3.05, 3.63) is 26.5 Å². The van der Waals surface area contributed by atoms with Crippen LogP contribution in [0.4, 0.5) is 0 Å². The maximum absolute atomic E-state index is 11.4. The van der Waals surface area contributed by atoms with Gasteiger partial charge in [-0.05, 0) is 31.7 Å². The molecule has 1 atom stereocenters. The van der Waals surface area contributed by atoms with E-state index in [4.69, 9.17) is 23.2 Å². The van der Waals surface area contributed by atoms with Crippen molar-refractivity contribution < 1.29 is 9.90 Å². The number of rotatable bonds is 4. The van der Waals surface area contributed by atoms with E-state index in [2.05, 4.69) is 12.0 Å². The largest absolute Gasteiger partial charge is 0.478 e. The van der Waals surface area contributed by atoms with E-state index in [1.807, 2.05) is 0 Å². The van der Waals surface area contributed by atoms with Gasteiger partial charge in [-0.2, -0.15) is 5.10 Å². The Morgan fingerprint density at radius 3 is 2.75 bits per heavy atom. The topological polar surface area (TPSA) is 55.1 Å². The average molecular weight is 331 g/mol. The smallest absolute Gasteiger partial charge is 0.339 e. The minimum absolute atomic E-state index is 0.161. The van der Waals surface area contributed by atoms with Gasteiger partial charge in [0.15, 0.2) is 0 Å². The maximum Gasteiger partial charge on any atom is 0.339 e. The molecule has 4 nitrogen and oxygen atoms in total. The first-order valence-electron chi connectivity index (χ1n) is 6.25. The molecule has 1 aliphatic carbocycles. The molecule has 0 amide bonds. The van der Waals surface area contributed by atoms with Gasteiger partial charge in [-0.15, -0.1) is 11.3 Å². The number of carbonyl (C=O) groups is 1. The number of halogens is 2. The van der Waals surface area contributed by atoms with Crippen molar-refractivity contribution in [1.82, 2.24) is 9.78 Å². The fourth-order valence-electron chi connectivity index (χ4n) is 2.25. The van der Waals surface area contributed by atoms with Crippen LogP contribution in [0.5, 0.6) is 0 Å². The minimum atomic E-state index is -1.01. The summed E-state index contributed by atoms with van der Waals surface area (Å²) in [5.74, 6) is -0.418. The maximum atomic E-state index is 11.4. The Kier molecular flexibility index (Phi) is 3.52. The molecule has 1 saturated carbocycles. The van der Waals surface area contributed by atoms with Crippen LogP contribution in [0.2, 0.25) is 8.67 Å². The summed E-state index contributed by atoms with van der Waals surface area (Å²) in [6, 6.07) is 1.87. The van der Waals surface area contributed by atoms with E-state index in [0.29, 0.717) is 25.8 Å². The number of hydrogen-bond donors (Lipinski definition) is 1. The zero-order valence-corrected chi connectivity index (χ0v) is 13.0. The molecule has 1 aliphatic rings. The summed E-state index contributed by atoms with van der Waals surface area (Å²) >= 11 is 13.3. The lowest BCUT2D eigenvalue weighted by Crippen LogP contribution is -2.07. The second-order valence-electron chi connectivity index (χ2n) is 4.99. The van der Waals surface area contributed by atoms with Crippen LogP contribution in [0.25, 0.3) is 11.3 Å². The summed E-state index contributed by atoms with van der Waals surface area (Å²) in [4.78, 5) is 11.4. The Hall–Kier alpha value is -1.04. The van der Waals surface area contributed by atoms with Gasteiger partial charge >= 0.3 is 5.97 Å². The van der Waals surface area contributed by atoms with E-state index < -0.39 is 5.97 Å². The predicted octanol–water partition coefficient (Wildman–Crippen LogP) is 4.59. The fraction of sp³-hybridized carbons (Fsp3) is 0.385. The summed E-state index contributed by atoms with van der Waals surface area (Å²) in [6.07, 6.45) is 3.93. The number of thiophene rings is 1. The summed E-state index contributed by atoms with van der Waals surface area (Å²) < 4.78 is 2.71. The van der Waals surface area contributed by atoms with Gasteiger partial charge in [0.25, 0.3) is 0 Å².